The second-order valence-electron chi connectivity index (χ2n) is 7.95. The molecule has 1 aliphatic rings. The Morgan fingerprint density at radius 3 is 2.68 bits per heavy atom. The second-order valence-corrected chi connectivity index (χ2v) is 7.95. The Balaban J connectivity index is 1.26. The monoisotopic (exact) mass is 415 g/mol. The highest BCUT2D eigenvalue weighted by Crippen LogP contribution is 2.23. The summed E-state index contributed by atoms with van der Waals surface area (Å²) < 4.78 is 7.32. The number of imidazole rings is 1. The van der Waals surface area contributed by atoms with E-state index in [4.69, 9.17) is 4.74 Å². The molecular weight excluding hydrogens is 390 g/mol. The van der Waals surface area contributed by atoms with Gasteiger partial charge >= 0.3 is 0 Å². The molecule has 4 aromatic rings. The van der Waals surface area contributed by atoms with Gasteiger partial charge in [-0.2, -0.15) is 0 Å². The van der Waals surface area contributed by atoms with Crippen LogP contribution in [-0.2, 0) is 6.54 Å². The summed E-state index contributed by atoms with van der Waals surface area (Å²) in [6, 6.07) is 13.7. The van der Waals surface area contributed by atoms with Crippen LogP contribution < -0.4 is 4.74 Å². The number of pyridine rings is 2. The molecule has 4 heterocycles. The first-order valence-electron chi connectivity index (χ1n) is 10.5. The third kappa shape index (κ3) is 3.84. The van der Waals surface area contributed by atoms with Gasteiger partial charge in [0.25, 0.3) is 5.91 Å². The summed E-state index contributed by atoms with van der Waals surface area (Å²) in [6.45, 7) is 5.75. The number of methoxy groups -OCH3 is 1. The van der Waals surface area contributed by atoms with Crippen molar-refractivity contribution < 1.29 is 9.53 Å². The maximum atomic E-state index is 13.2. The lowest BCUT2D eigenvalue weighted by Gasteiger charge is -2.34. The lowest BCUT2D eigenvalue weighted by Crippen LogP contribution is -2.48. The molecule has 0 saturated carbocycles. The SMILES string of the molecule is COc1ccc2cc(C(=O)N3CCN(Cc4cn5ccccc5n4)CC3)c(C)nc2c1. The van der Waals surface area contributed by atoms with Crippen LogP contribution in [0, 0.1) is 6.92 Å². The number of hydrogen-bond acceptors (Lipinski definition) is 5. The van der Waals surface area contributed by atoms with Crippen LogP contribution in [0.4, 0.5) is 0 Å². The molecule has 1 fully saturated rings. The van der Waals surface area contributed by atoms with E-state index in [-0.39, 0.29) is 5.91 Å². The van der Waals surface area contributed by atoms with E-state index >= 15 is 0 Å². The van der Waals surface area contributed by atoms with Gasteiger partial charge in [-0.1, -0.05) is 6.07 Å². The Kier molecular flexibility index (Phi) is 5.03. The summed E-state index contributed by atoms with van der Waals surface area (Å²) in [7, 11) is 1.64. The number of carbonyl (C=O) groups excluding carboxylic acids is 1. The van der Waals surface area contributed by atoms with Crippen LogP contribution in [0.25, 0.3) is 16.6 Å². The Labute approximate surface area is 180 Å². The average molecular weight is 415 g/mol. The highest BCUT2D eigenvalue weighted by Gasteiger charge is 2.24. The molecule has 0 spiro atoms. The summed E-state index contributed by atoms with van der Waals surface area (Å²) >= 11 is 0. The summed E-state index contributed by atoms with van der Waals surface area (Å²) in [5.74, 6) is 0.815. The van der Waals surface area contributed by atoms with E-state index in [1.54, 1.807) is 7.11 Å². The van der Waals surface area contributed by atoms with Gasteiger partial charge in [-0.15, -0.1) is 0 Å². The second kappa shape index (κ2) is 8.00. The van der Waals surface area contributed by atoms with E-state index < -0.39 is 0 Å². The van der Waals surface area contributed by atoms with Crippen molar-refractivity contribution >= 4 is 22.5 Å². The number of aryl methyl sites for hydroxylation is 1. The molecule has 7 heteroatoms. The quantitative estimate of drug-likeness (QED) is 0.512. The van der Waals surface area contributed by atoms with Gasteiger partial charge in [-0.05, 0) is 37.3 Å². The molecule has 158 valence electrons. The number of rotatable bonds is 4. The van der Waals surface area contributed by atoms with Gasteiger partial charge in [-0.25, -0.2) is 4.98 Å². The van der Waals surface area contributed by atoms with E-state index in [2.05, 4.69) is 21.1 Å². The zero-order chi connectivity index (χ0) is 21.4. The molecule has 0 N–H and O–H groups in total. The maximum Gasteiger partial charge on any atom is 0.255 e. The van der Waals surface area contributed by atoms with Crippen LogP contribution in [0.5, 0.6) is 5.75 Å². The van der Waals surface area contributed by atoms with Crippen molar-refractivity contribution in [2.75, 3.05) is 33.3 Å². The summed E-state index contributed by atoms with van der Waals surface area (Å²) in [5, 5.41) is 0.945. The molecule has 1 amide bonds. The number of hydrogen-bond donors (Lipinski definition) is 0. The molecule has 31 heavy (non-hydrogen) atoms. The number of benzene rings is 1. The van der Waals surface area contributed by atoms with Crippen LogP contribution in [-0.4, -0.2) is 63.4 Å². The lowest BCUT2D eigenvalue weighted by atomic mass is 10.1. The number of ether oxygens (including phenoxy) is 1. The molecule has 1 aliphatic heterocycles. The highest BCUT2D eigenvalue weighted by atomic mass is 16.5. The predicted octanol–water partition coefficient (Wildman–Crippen LogP) is 3.16. The smallest absolute Gasteiger partial charge is 0.255 e. The van der Waals surface area contributed by atoms with E-state index in [1.165, 1.54) is 0 Å². The van der Waals surface area contributed by atoms with Crippen molar-refractivity contribution in [1.82, 2.24) is 24.2 Å². The third-order valence-electron chi connectivity index (χ3n) is 5.90. The molecular formula is C24H25N5O2. The molecule has 1 aromatic carbocycles. The van der Waals surface area contributed by atoms with Gasteiger partial charge in [-0.3, -0.25) is 14.7 Å². The predicted molar refractivity (Wildman–Crippen MR) is 119 cm³/mol. The maximum absolute atomic E-state index is 13.2. The average Bonchev–Trinajstić information content (AvgIpc) is 3.20. The third-order valence-corrected chi connectivity index (χ3v) is 5.90. The first-order chi connectivity index (χ1) is 15.1. The molecule has 5 rings (SSSR count). The van der Waals surface area contributed by atoms with E-state index in [0.29, 0.717) is 18.7 Å². The van der Waals surface area contributed by atoms with E-state index in [1.807, 2.05) is 64.9 Å². The zero-order valence-electron chi connectivity index (χ0n) is 17.8. The van der Waals surface area contributed by atoms with Crippen LogP contribution in [0.1, 0.15) is 21.7 Å². The topological polar surface area (TPSA) is 63.0 Å². The van der Waals surface area contributed by atoms with Crippen molar-refractivity contribution in [3.63, 3.8) is 0 Å². The number of nitrogens with zero attached hydrogens (tertiary/aromatic N) is 5. The Morgan fingerprint density at radius 1 is 1.06 bits per heavy atom. The summed E-state index contributed by atoms with van der Waals surface area (Å²) in [6.07, 6.45) is 4.09. The van der Waals surface area contributed by atoms with Crippen molar-refractivity contribution in [1.29, 1.82) is 0 Å². The van der Waals surface area contributed by atoms with Gasteiger partial charge in [0.15, 0.2) is 0 Å². The normalized spacial score (nSPS) is 15.0. The van der Waals surface area contributed by atoms with Crippen molar-refractivity contribution in [2.45, 2.75) is 13.5 Å². The molecule has 7 nitrogen and oxygen atoms in total. The number of carbonyl (C=O) groups is 1. The minimum atomic E-state index is 0.0510. The van der Waals surface area contributed by atoms with Gasteiger partial charge in [0, 0.05) is 56.6 Å². The molecule has 0 atom stereocenters. The first kappa shape index (κ1) is 19.5. The zero-order valence-corrected chi connectivity index (χ0v) is 17.8. The largest absolute Gasteiger partial charge is 0.497 e. The fourth-order valence-corrected chi connectivity index (χ4v) is 4.16. The van der Waals surface area contributed by atoms with Gasteiger partial charge in [0.2, 0.25) is 0 Å². The van der Waals surface area contributed by atoms with Crippen molar-refractivity contribution in [2.24, 2.45) is 0 Å². The molecule has 0 bridgehead atoms. The van der Waals surface area contributed by atoms with E-state index in [0.717, 1.165) is 53.3 Å². The fourth-order valence-electron chi connectivity index (χ4n) is 4.16. The van der Waals surface area contributed by atoms with Crippen LogP contribution >= 0.6 is 0 Å². The summed E-state index contributed by atoms with van der Waals surface area (Å²) in [4.78, 5) is 26.8. The number of piperazine rings is 1. The van der Waals surface area contributed by atoms with Crippen molar-refractivity contribution in [3.8, 4) is 5.75 Å². The Bertz CT molecular complexity index is 1220. The number of amides is 1. The van der Waals surface area contributed by atoms with Gasteiger partial charge in [0.05, 0.1) is 29.6 Å². The molecule has 3 aromatic heterocycles. The minimum absolute atomic E-state index is 0.0510. The Morgan fingerprint density at radius 2 is 1.90 bits per heavy atom. The summed E-state index contributed by atoms with van der Waals surface area (Å²) in [5.41, 5.74) is 4.27. The Hall–Kier alpha value is -3.45. The molecule has 1 saturated heterocycles. The van der Waals surface area contributed by atoms with Crippen molar-refractivity contribution in [3.05, 3.63) is 71.8 Å². The number of fused-ring (bicyclic) bond motifs is 2. The molecule has 0 radical (unpaired) electrons. The lowest BCUT2D eigenvalue weighted by molar-refractivity contribution is 0.0626. The minimum Gasteiger partial charge on any atom is -0.497 e. The standard InChI is InChI=1S/C24H25N5O2/c1-17-21(13-18-6-7-20(31-2)14-22(18)25-17)24(30)28-11-9-27(10-12-28)15-19-16-29-8-4-3-5-23(29)26-19/h3-8,13-14,16H,9-12,15H2,1-2H3. The van der Waals surface area contributed by atoms with Crippen LogP contribution in [0.2, 0.25) is 0 Å². The van der Waals surface area contributed by atoms with Gasteiger partial charge in [0.1, 0.15) is 11.4 Å². The fraction of sp³-hybridized carbons (Fsp3) is 0.292. The van der Waals surface area contributed by atoms with Crippen LogP contribution in [0.15, 0.2) is 54.9 Å². The van der Waals surface area contributed by atoms with E-state index in [9.17, 15) is 4.79 Å². The van der Waals surface area contributed by atoms with Gasteiger partial charge < -0.3 is 14.0 Å². The van der Waals surface area contributed by atoms with Crippen LogP contribution in [0.3, 0.4) is 0 Å². The molecule has 0 aliphatic carbocycles. The highest BCUT2D eigenvalue weighted by molar-refractivity contribution is 5.98. The number of aromatic nitrogens is 3. The first-order valence-corrected chi connectivity index (χ1v) is 10.5. The molecule has 0 unspecified atom stereocenters.